The molecule has 0 radical (unpaired) electrons. The summed E-state index contributed by atoms with van der Waals surface area (Å²) < 4.78 is 37.7. The van der Waals surface area contributed by atoms with E-state index in [4.69, 9.17) is 17.3 Å². The first-order valence-corrected chi connectivity index (χ1v) is 7.41. The van der Waals surface area contributed by atoms with Crippen molar-refractivity contribution in [1.82, 2.24) is 4.98 Å². The zero-order valence-corrected chi connectivity index (χ0v) is 12.4. The van der Waals surface area contributed by atoms with E-state index < -0.39 is 11.7 Å². The average molecular weight is 322 g/mol. The molecule has 0 unspecified atom stereocenters. The zero-order valence-electron chi connectivity index (χ0n) is 11.6. The molecule has 1 aromatic heterocycles. The van der Waals surface area contributed by atoms with Gasteiger partial charge in [-0.2, -0.15) is 13.2 Å². The van der Waals surface area contributed by atoms with E-state index in [2.05, 4.69) is 10.3 Å². The third-order valence-corrected chi connectivity index (χ3v) is 4.43. The molecule has 0 aromatic carbocycles. The van der Waals surface area contributed by atoms with Gasteiger partial charge in [0.1, 0.15) is 5.82 Å². The monoisotopic (exact) mass is 321 g/mol. The van der Waals surface area contributed by atoms with Crippen LogP contribution in [-0.2, 0) is 6.18 Å². The van der Waals surface area contributed by atoms with E-state index in [1.807, 2.05) is 0 Å². The third kappa shape index (κ3) is 4.01. The highest BCUT2D eigenvalue weighted by atomic mass is 35.5. The number of nitrogens with two attached hydrogens (primary N) is 1. The lowest BCUT2D eigenvalue weighted by Gasteiger charge is -2.36. The lowest BCUT2D eigenvalue weighted by molar-refractivity contribution is -0.137. The van der Waals surface area contributed by atoms with Crippen LogP contribution in [0.4, 0.5) is 19.0 Å². The second-order valence-electron chi connectivity index (χ2n) is 5.67. The van der Waals surface area contributed by atoms with Crippen LogP contribution >= 0.6 is 11.6 Å². The Balaban J connectivity index is 2.06. The Labute approximate surface area is 127 Å². The maximum absolute atomic E-state index is 12.6. The predicted octanol–water partition coefficient (Wildman–Crippen LogP) is 4.07. The SMILES string of the molecule is NCC1(CNc2ncc(C(F)(F)F)cc2Cl)CCCCC1. The molecule has 1 aromatic rings. The number of nitrogens with one attached hydrogen (secondary N) is 1. The molecule has 3 N–H and O–H groups in total. The summed E-state index contributed by atoms with van der Waals surface area (Å²) in [4.78, 5) is 3.79. The summed E-state index contributed by atoms with van der Waals surface area (Å²) in [5.74, 6) is 0.281. The molecule has 1 saturated carbocycles. The minimum absolute atomic E-state index is 0.00798. The van der Waals surface area contributed by atoms with Crippen LogP contribution in [0.5, 0.6) is 0 Å². The van der Waals surface area contributed by atoms with Crippen molar-refractivity contribution in [2.24, 2.45) is 11.1 Å². The van der Waals surface area contributed by atoms with Crippen LogP contribution < -0.4 is 11.1 Å². The van der Waals surface area contributed by atoms with E-state index in [-0.39, 0.29) is 16.3 Å². The van der Waals surface area contributed by atoms with Gasteiger partial charge in [0.05, 0.1) is 10.6 Å². The molecule has 1 aliphatic rings. The summed E-state index contributed by atoms with van der Waals surface area (Å²) in [6.45, 7) is 1.14. The largest absolute Gasteiger partial charge is 0.417 e. The van der Waals surface area contributed by atoms with Gasteiger partial charge in [-0.25, -0.2) is 4.98 Å². The quantitative estimate of drug-likeness (QED) is 0.878. The highest BCUT2D eigenvalue weighted by Crippen LogP contribution is 2.36. The Kier molecular flexibility index (Phi) is 4.99. The van der Waals surface area contributed by atoms with Crippen molar-refractivity contribution in [3.8, 4) is 0 Å². The number of aromatic nitrogens is 1. The van der Waals surface area contributed by atoms with Crippen molar-refractivity contribution in [2.75, 3.05) is 18.4 Å². The van der Waals surface area contributed by atoms with Crippen LogP contribution in [0.2, 0.25) is 5.02 Å². The van der Waals surface area contributed by atoms with Crippen LogP contribution in [0.15, 0.2) is 12.3 Å². The first-order chi connectivity index (χ1) is 9.86. The molecule has 0 saturated heterocycles. The topological polar surface area (TPSA) is 50.9 Å². The van der Waals surface area contributed by atoms with Crippen LogP contribution in [0, 0.1) is 5.41 Å². The number of hydrogen-bond donors (Lipinski definition) is 2. The van der Waals surface area contributed by atoms with Gasteiger partial charge in [-0.05, 0) is 30.9 Å². The van der Waals surface area contributed by atoms with Gasteiger partial charge < -0.3 is 11.1 Å². The molecule has 2 rings (SSSR count). The molecule has 1 heterocycles. The van der Waals surface area contributed by atoms with Gasteiger partial charge in [0.15, 0.2) is 0 Å². The zero-order chi connectivity index (χ0) is 15.5. The van der Waals surface area contributed by atoms with Gasteiger partial charge >= 0.3 is 6.18 Å². The number of pyridine rings is 1. The van der Waals surface area contributed by atoms with Crippen molar-refractivity contribution in [3.63, 3.8) is 0 Å². The van der Waals surface area contributed by atoms with Crippen LogP contribution in [-0.4, -0.2) is 18.1 Å². The van der Waals surface area contributed by atoms with E-state index in [0.29, 0.717) is 13.1 Å². The number of hydrogen-bond acceptors (Lipinski definition) is 3. The molecule has 0 bridgehead atoms. The van der Waals surface area contributed by atoms with Crippen molar-refractivity contribution in [1.29, 1.82) is 0 Å². The molecule has 0 aliphatic heterocycles. The van der Waals surface area contributed by atoms with E-state index in [1.54, 1.807) is 0 Å². The summed E-state index contributed by atoms with van der Waals surface area (Å²) in [6.07, 6.45) is 1.88. The molecule has 0 spiro atoms. The predicted molar refractivity (Wildman–Crippen MR) is 77.3 cm³/mol. The molecule has 0 amide bonds. The third-order valence-electron chi connectivity index (χ3n) is 4.15. The molecule has 3 nitrogen and oxygen atoms in total. The fraction of sp³-hybridized carbons (Fsp3) is 0.643. The number of rotatable bonds is 4. The standard InChI is InChI=1S/C14H19ClF3N3/c15-11-6-10(14(16,17)18)7-20-12(11)21-9-13(8-19)4-2-1-3-5-13/h6-7H,1-5,8-9,19H2,(H,20,21). The van der Waals surface area contributed by atoms with Crippen molar-refractivity contribution < 1.29 is 13.2 Å². The molecule has 0 atom stereocenters. The normalized spacial score (nSPS) is 18.5. The first-order valence-electron chi connectivity index (χ1n) is 7.03. The van der Waals surface area contributed by atoms with Crippen LogP contribution in [0.3, 0.4) is 0 Å². The highest BCUT2D eigenvalue weighted by molar-refractivity contribution is 6.32. The van der Waals surface area contributed by atoms with Gasteiger partial charge in [0, 0.05) is 12.7 Å². The Morgan fingerprint density at radius 2 is 1.95 bits per heavy atom. The van der Waals surface area contributed by atoms with Crippen LogP contribution in [0.25, 0.3) is 0 Å². The molecule has 7 heteroatoms. The van der Waals surface area contributed by atoms with E-state index >= 15 is 0 Å². The lowest BCUT2D eigenvalue weighted by Crippen LogP contribution is -2.39. The Hall–Kier alpha value is -1.01. The smallest absolute Gasteiger partial charge is 0.368 e. The fourth-order valence-electron chi connectivity index (χ4n) is 2.75. The molecule has 1 fully saturated rings. The number of alkyl halides is 3. The summed E-state index contributed by atoms with van der Waals surface area (Å²) in [6, 6.07) is 0.896. The first kappa shape index (κ1) is 16.4. The van der Waals surface area contributed by atoms with Gasteiger partial charge in [-0.3, -0.25) is 0 Å². The minimum atomic E-state index is -4.43. The minimum Gasteiger partial charge on any atom is -0.368 e. The summed E-state index contributed by atoms with van der Waals surface area (Å²) in [5, 5.41) is 3.04. The van der Waals surface area contributed by atoms with Crippen molar-refractivity contribution in [3.05, 3.63) is 22.8 Å². The van der Waals surface area contributed by atoms with Gasteiger partial charge in [0.25, 0.3) is 0 Å². The lowest BCUT2D eigenvalue weighted by atomic mass is 9.74. The van der Waals surface area contributed by atoms with E-state index in [9.17, 15) is 13.2 Å². The van der Waals surface area contributed by atoms with Crippen molar-refractivity contribution >= 4 is 17.4 Å². The molecule has 21 heavy (non-hydrogen) atoms. The molecular formula is C14H19ClF3N3. The highest BCUT2D eigenvalue weighted by Gasteiger charge is 2.33. The fourth-order valence-corrected chi connectivity index (χ4v) is 2.98. The number of nitrogens with zero attached hydrogens (tertiary/aromatic N) is 1. The summed E-state index contributed by atoms with van der Waals surface area (Å²) in [5.41, 5.74) is 5.03. The van der Waals surface area contributed by atoms with E-state index in [1.165, 1.54) is 6.42 Å². The maximum Gasteiger partial charge on any atom is 0.417 e. The average Bonchev–Trinajstić information content (AvgIpc) is 2.46. The Bertz CT molecular complexity index is 485. The summed E-state index contributed by atoms with van der Waals surface area (Å²) >= 11 is 5.89. The Morgan fingerprint density at radius 3 is 2.48 bits per heavy atom. The second kappa shape index (κ2) is 6.40. The Morgan fingerprint density at radius 1 is 1.29 bits per heavy atom. The number of halogens is 4. The molecular weight excluding hydrogens is 303 g/mol. The van der Waals surface area contributed by atoms with Gasteiger partial charge in [0.2, 0.25) is 0 Å². The van der Waals surface area contributed by atoms with Crippen LogP contribution in [0.1, 0.15) is 37.7 Å². The van der Waals surface area contributed by atoms with Gasteiger partial charge in [-0.1, -0.05) is 30.9 Å². The van der Waals surface area contributed by atoms with Crippen molar-refractivity contribution in [2.45, 2.75) is 38.3 Å². The number of anilines is 1. The molecule has 1 aliphatic carbocycles. The second-order valence-corrected chi connectivity index (χ2v) is 6.08. The molecule has 118 valence electrons. The maximum atomic E-state index is 12.6. The summed E-state index contributed by atoms with van der Waals surface area (Å²) in [7, 11) is 0. The van der Waals surface area contributed by atoms with Gasteiger partial charge in [-0.15, -0.1) is 0 Å². The van der Waals surface area contributed by atoms with E-state index in [0.717, 1.165) is 37.9 Å².